The number of hydrogen-bond acceptors (Lipinski definition) is 3. The van der Waals surface area contributed by atoms with Gasteiger partial charge in [-0.2, -0.15) is 0 Å². The minimum Gasteiger partial charge on any atom is -0.489 e. The molecule has 3 rings (SSSR count). The predicted octanol–water partition coefficient (Wildman–Crippen LogP) is 3.03. The number of halogens is 1. The molecule has 0 fully saturated rings. The van der Waals surface area contributed by atoms with Gasteiger partial charge in [-0.15, -0.1) is 0 Å². The minimum atomic E-state index is -1.27. The lowest BCUT2D eigenvalue weighted by atomic mass is 10.1. The average Bonchev–Trinajstić information content (AvgIpc) is 2.80. The van der Waals surface area contributed by atoms with Crippen LogP contribution in [0.2, 0.25) is 5.02 Å². The molecule has 1 heterocycles. The molecule has 0 saturated carbocycles. The minimum absolute atomic E-state index is 0.0936. The molecule has 0 bridgehead atoms. The molecule has 0 aliphatic carbocycles. The van der Waals surface area contributed by atoms with Crippen molar-refractivity contribution in [3.63, 3.8) is 0 Å². The Morgan fingerprint density at radius 3 is 2.80 bits per heavy atom. The fourth-order valence-electron chi connectivity index (χ4n) is 2.36. The first-order chi connectivity index (χ1) is 9.65. The van der Waals surface area contributed by atoms with Crippen LogP contribution in [0.15, 0.2) is 47.4 Å². The molecule has 104 valence electrons. The summed E-state index contributed by atoms with van der Waals surface area (Å²) in [4.78, 5) is 0.508. The number of nitrogen functional groups attached to an aromatic ring is 1. The van der Waals surface area contributed by atoms with Gasteiger partial charge in [-0.1, -0.05) is 35.9 Å². The SMILES string of the molecule is Nc1cccc(Cl)c1S(=O)CC1Cc2ccccc2O1. The molecule has 2 aromatic carbocycles. The fourth-order valence-corrected chi connectivity index (χ4v) is 4.11. The maximum absolute atomic E-state index is 12.5. The highest BCUT2D eigenvalue weighted by atomic mass is 35.5. The third kappa shape index (κ3) is 2.53. The van der Waals surface area contributed by atoms with Gasteiger partial charge in [0, 0.05) is 12.1 Å². The second-order valence-corrected chi connectivity index (χ2v) is 6.56. The zero-order chi connectivity index (χ0) is 14.1. The molecule has 0 spiro atoms. The monoisotopic (exact) mass is 307 g/mol. The lowest BCUT2D eigenvalue weighted by Gasteiger charge is -2.12. The number of fused-ring (bicyclic) bond motifs is 1. The molecular weight excluding hydrogens is 294 g/mol. The molecule has 2 N–H and O–H groups in total. The summed E-state index contributed by atoms with van der Waals surface area (Å²) in [5.74, 6) is 1.27. The van der Waals surface area contributed by atoms with Crippen LogP contribution in [0.5, 0.6) is 5.75 Å². The van der Waals surface area contributed by atoms with Crippen molar-refractivity contribution in [1.82, 2.24) is 0 Å². The Morgan fingerprint density at radius 1 is 1.25 bits per heavy atom. The van der Waals surface area contributed by atoms with Crippen LogP contribution in [0.4, 0.5) is 5.69 Å². The van der Waals surface area contributed by atoms with Crippen molar-refractivity contribution >= 4 is 28.1 Å². The lowest BCUT2D eigenvalue weighted by Crippen LogP contribution is -2.22. The van der Waals surface area contributed by atoms with E-state index in [0.29, 0.717) is 21.4 Å². The van der Waals surface area contributed by atoms with Gasteiger partial charge in [0.2, 0.25) is 0 Å². The van der Waals surface area contributed by atoms with E-state index in [2.05, 4.69) is 0 Å². The number of anilines is 1. The summed E-state index contributed by atoms with van der Waals surface area (Å²) in [7, 11) is -1.27. The molecular formula is C15H14ClNO2S. The molecule has 0 aromatic heterocycles. The molecule has 3 nitrogen and oxygen atoms in total. The lowest BCUT2D eigenvalue weighted by molar-refractivity contribution is 0.258. The largest absolute Gasteiger partial charge is 0.489 e. The highest BCUT2D eigenvalue weighted by molar-refractivity contribution is 7.85. The van der Waals surface area contributed by atoms with Crippen LogP contribution < -0.4 is 10.5 Å². The van der Waals surface area contributed by atoms with Gasteiger partial charge in [0.1, 0.15) is 11.9 Å². The van der Waals surface area contributed by atoms with E-state index in [-0.39, 0.29) is 6.10 Å². The van der Waals surface area contributed by atoms with Gasteiger partial charge >= 0.3 is 0 Å². The molecule has 2 atom stereocenters. The van der Waals surface area contributed by atoms with E-state index < -0.39 is 10.8 Å². The van der Waals surface area contributed by atoms with Gasteiger partial charge in [-0.25, -0.2) is 0 Å². The predicted molar refractivity (Wildman–Crippen MR) is 81.7 cm³/mol. The second kappa shape index (κ2) is 5.46. The van der Waals surface area contributed by atoms with Crippen LogP contribution in [0.3, 0.4) is 0 Å². The molecule has 0 radical (unpaired) electrons. The number of para-hydroxylation sites is 1. The Labute approximate surface area is 125 Å². The smallest absolute Gasteiger partial charge is 0.123 e. The molecule has 1 aliphatic heterocycles. The Hall–Kier alpha value is -1.52. The van der Waals surface area contributed by atoms with E-state index in [9.17, 15) is 4.21 Å². The van der Waals surface area contributed by atoms with E-state index in [4.69, 9.17) is 22.1 Å². The topological polar surface area (TPSA) is 52.3 Å². The van der Waals surface area contributed by atoms with Crippen LogP contribution in [0.25, 0.3) is 0 Å². The first-order valence-electron chi connectivity index (χ1n) is 6.32. The zero-order valence-electron chi connectivity index (χ0n) is 10.7. The van der Waals surface area contributed by atoms with Gasteiger partial charge in [0.25, 0.3) is 0 Å². The maximum Gasteiger partial charge on any atom is 0.123 e. The van der Waals surface area contributed by atoms with Crippen molar-refractivity contribution in [2.75, 3.05) is 11.5 Å². The summed E-state index contributed by atoms with van der Waals surface area (Å²) in [6.45, 7) is 0. The first kappa shape index (κ1) is 13.5. The Bertz CT molecular complexity index is 629. The Balaban J connectivity index is 1.76. The number of benzene rings is 2. The van der Waals surface area contributed by atoms with Gasteiger partial charge < -0.3 is 10.5 Å². The first-order valence-corrected chi connectivity index (χ1v) is 8.02. The molecule has 2 aromatic rings. The van der Waals surface area contributed by atoms with E-state index in [1.54, 1.807) is 18.2 Å². The summed E-state index contributed by atoms with van der Waals surface area (Å²) >= 11 is 6.09. The Morgan fingerprint density at radius 2 is 2.05 bits per heavy atom. The van der Waals surface area contributed by atoms with Crippen molar-refractivity contribution < 1.29 is 8.95 Å². The third-order valence-electron chi connectivity index (χ3n) is 3.28. The van der Waals surface area contributed by atoms with Crippen molar-refractivity contribution in [3.05, 3.63) is 53.1 Å². The molecule has 2 unspecified atom stereocenters. The summed E-state index contributed by atoms with van der Waals surface area (Å²) in [6.07, 6.45) is 0.677. The summed E-state index contributed by atoms with van der Waals surface area (Å²) in [5, 5.41) is 0.443. The number of rotatable bonds is 3. The van der Waals surface area contributed by atoms with Gasteiger partial charge in [0.15, 0.2) is 0 Å². The van der Waals surface area contributed by atoms with Crippen molar-refractivity contribution in [2.24, 2.45) is 0 Å². The summed E-state index contributed by atoms with van der Waals surface area (Å²) in [6, 6.07) is 13.0. The summed E-state index contributed by atoms with van der Waals surface area (Å²) in [5.41, 5.74) is 7.48. The number of hydrogen-bond donors (Lipinski definition) is 1. The van der Waals surface area contributed by atoms with Crippen molar-refractivity contribution in [3.8, 4) is 5.75 Å². The zero-order valence-corrected chi connectivity index (χ0v) is 12.3. The fraction of sp³-hybridized carbons (Fsp3) is 0.200. The van der Waals surface area contributed by atoms with Crippen LogP contribution in [-0.4, -0.2) is 16.1 Å². The van der Waals surface area contributed by atoms with Crippen LogP contribution >= 0.6 is 11.6 Å². The normalized spacial score (nSPS) is 18.4. The second-order valence-electron chi connectivity index (χ2n) is 4.72. The third-order valence-corrected chi connectivity index (χ3v) is 5.29. The molecule has 5 heteroatoms. The number of nitrogens with two attached hydrogens (primary N) is 1. The molecule has 0 saturated heterocycles. The highest BCUT2D eigenvalue weighted by Gasteiger charge is 2.26. The molecule has 20 heavy (non-hydrogen) atoms. The van der Waals surface area contributed by atoms with Crippen molar-refractivity contribution in [2.45, 2.75) is 17.4 Å². The molecule has 0 amide bonds. The maximum atomic E-state index is 12.5. The van der Waals surface area contributed by atoms with Crippen LogP contribution in [0, 0.1) is 0 Å². The van der Waals surface area contributed by atoms with Gasteiger partial charge in [-0.05, 0) is 23.8 Å². The van der Waals surface area contributed by atoms with E-state index in [1.165, 1.54) is 0 Å². The van der Waals surface area contributed by atoms with Crippen LogP contribution in [-0.2, 0) is 17.2 Å². The van der Waals surface area contributed by atoms with Gasteiger partial charge in [0.05, 0.1) is 26.5 Å². The number of ether oxygens (including phenoxy) is 1. The van der Waals surface area contributed by atoms with Crippen molar-refractivity contribution in [1.29, 1.82) is 0 Å². The van der Waals surface area contributed by atoms with E-state index >= 15 is 0 Å². The standard InChI is InChI=1S/C15H14ClNO2S/c16-12-5-3-6-13(17)15(12)20(18)9-11-8-10-4-1-2-7-14(10)19-11/h1-7,11H,8-9,17H2. The van der Waals surface area contributed by atoms with E-state index in [1.807, 2.05) is 24.3 Å². The molecule has 1 aliphatic rings. The quantitative estimate of drug-likeness (QED) is 0.887. The highest BCUT2D eigenvalue weighted by Crippen LogP contribution is 2.31. The van der Waals surface area contributed by atoms with Gasteiger partial charge in [-0.3, -0.25) is 4.21 Å². The average molecular weight is 308 g/mol. The van der Waals surface area contributed by atoms with E-state index in [0.717, 1.165) is 17.7 Å². The Kier molecular flexibility index (Phi) is 3.68. The van der Waals surface area contributed by atoms with Crippen LogP contribution in [0.1, 0.15) is 5.56 Å². The summed E-state index contributed by atoms with van der Waals surface area (Å²) < 4.78 is 18.3.